The molecular weight excluding hydrogens is 791 g/mol. The molecule has 316 valence electrons. The summed E-state index contributed by atoms with van der Waals surface area (Å²) in [6.45, 7) is 3.11. The van der Waals surface area contributed by atoms with Crippen molar-refractivity contribution in [1.82, 2.24) is 30.0 Å². The highest BCUT2D eigenvalue weighted by molar-refractivity contribution is 5.97. The Morgan fingerprint density at radius 3 is 1.73 bits per heavy atom. The second kappa shape index (κ2) is 18.5. The third kappa shape index (κ3) is 9.02. The molecule has 2 aromatic heterocycles. The molecule has 0 aliphatic carbocycles. The normalized spacial score (nSPS) is 14.5. The Morgan fingerprint density at radius 1 is 0.677 bits per heavy atom. The van der Waals surface area contributed by atoms with E-state index in [4.69, 9.17) is 19.3 Å². The van der Waals surface area contributed by atoms with Gasteiger partial charge in [-0.15, -0.1) is 0 Å². The van der Waals surface area contributed by atoms with Gasteiger partial charge in [0.15, 0.2) is 11.4 Å². The molecule has 5 amide bonds. The number of oxazole rings is 2. The standard InChI is InChI=1S/C47H45N7O8/c48-40(55)26-47(36-8-3-1-4-9-36,37-10-5-2-6-11-37)46(59)54(27-32-12-16-34(17-13-32)42-50-38(30-61-42)44(57)52-21-7-24-60-25-23-52)28-33-14-18-35(19-15-33)43-51-39(31-62-43)45(58)53-22-20-49-41(56)29-53/h1-6,8-19,30-31H,7,20-29H2,(H2,48,55)(H,49,56). The van der Waals surface area contributed by atoms with E-state index in [-0.39, 0.29) is 66.9 Å². The van der Waals surface area contributed by atoms with Crippen LogP contribution < -0.4 is 11.1 Å². The van der Waals surface area contributed by atoms with Crippen LogP contribution in [-0.4, -0.2) is 100 Å². The Bertz CT molecular complexity index is 2490. The van der Waals surface area contributed by atoms with Crippen LogP contribution in [0.3, 0.4) is 0 Å². The second-order valence-electron chi connectivity index (χ2n) is 15.2. The molecule has 15 nitrogen and oxygen atoms in total. The molecule has 0 saturated carbocycles. The fourth-order valence-corrected chi connectivity index (χ4v) is 7.91. The van der Waals surface area contributed by atoms with E-state index in [1.165, 1.54) is 17.4 Å². The maximum absolute atomic E-state index is 15.5. The van der Waals surface area contributed by atoms with Crippen LogP contribution >= 0.6 is 0 Å². The van der Waals surface area contributed by atoms with E-state index in [1.807, 2.05) is 97.1 Å². The summed E-state index contributed by atoms with van der Waals surface area (Å²) >= 11 is 0. The number of aromatic nitrogens is 2. The smallest absolute Gasteiger partial charge is 0.276 e. The molecule has 2 fully saturated rings. The average Bonchev–Trinajstić information content (AvgIpc) is 3.93. The topological polar surface area (TPSA) is 194 Å². The van der Waals surface area contributed by atoms with Crippen molar-refractivity contribution in [2.24, 2.45) is 5.73 Å². The number of amides is 5. The molecule has 0 unspecified atom stereocenters. The number of benzene rings is 4. The van der Waals surface area contributed by atoms with Crippen molar-refractivity contribution in [2.75, 3.05) is 45.9 Å². The van der Waals surface area contributed by atoms with Gasteiger partial charge < -0.3 is 39.3 Å². The molecule has 2 aliphatic heterocycles. The summed E-state index contributed by atoms with van der Waals surface area (Å²) in [5.41, 5.74) is 8.84. The number of carbonyl (C=O) groups excluding carboxylic acids is 5. The van der Waals surface area contributed by atoms with Crippen molar-refractivity contribution >= 4 is 29.5 Å². The first-order valence-electron chi connectivity index (χ1n) is 20.4. The lowest BCUT2D eigenvalue weighted by atomic mass is 9.70. The van der Waals surface area contributed by atoms with Crippen LogP contribution in [0.1, 0.15) is 56.1 Å². The summed E-state index contributed by atoms with van der Waals surface area (Å²) in [5.74, 6) is -1.31. The van der Waals surface area contributed by atoms with E-state index in [2.05, 4.69) is 15.3 Å². The van der Waals surface area contributed by atoms with E-state index in [0.29, 0.717) is 61.6 Å². The minimum absolute atomic E-state index is 0.0513. The van der Waals surface area contributed by atoms with Crippen molar-refractivity contribution in [1.29, 1.82) is 0 Å². The number of primary amides is 1. The largest absolute Gasteiger partial charge is 0.444 e. The summed E-state index contributed by atoms with van der Waals surface area (Å²) in [4.78, 5) is 80.3. The maximum Gasteiger partial charge on any atom is 0.276 e. The molecule has 0 bridgehead atoms. The molecule has 6 aromatic rings. The zero-order valence-electron chi connectivity index (χ0n) is 33.9. The third-order valence-corrected chi connectivity index (χ3v) is 11.1. The number of carbonyl (C=O) groups is 5. The van der Waals surface area contributed by atoms with Crippen LogP contribution in [0, 0.1) is 0 Å². The number of rotatable bonds is 13. The van der Waals surface area contributed by atoms with Gasteiger partial charge in [0.2, 0.25) is 29.5 Å². The minimum Gasteiger partial charge on any atom is -0.444 e. The van der Waals surface area contributed by atoms with E-state index in [9.17, 15) is 19.2 Å². The molecule has 0 spiro atoms. The number of nitrogens with zero attached hydrogens (tertiary/aromatic N) is 5. The molecule has 62 heavy (non-hydrogen) atoms. The summed E-state index contributed by atoms with van der Waals surface area (Å²) in [5, 5.41) is 2.70. The first kappa shape index (κ1) is 41.3. The van der Waals surface area contributed by atoms with Gasteiger partial charge in [0.1, 0.15) is 17.9 Å². The van der Waals surface area contributed by atoms with Crippen LogP contribution in [-0.2, 0) is 37.6 Å². The Hall–Kier alpha value is -7.39. The average molecular weight is 836 g/mol. The zero-order valence-corrected chi connectivity index (χ0v) is 33.9. The Balaban J connectivity index is 1.09. The van der Waals surface area contributed by atoms with Crippen molar-refractivity contribution < 1.29 is 37.5 Å². The third-order valence-electron chi connectivity index (χ3n) is 11.1. The SMILES string of the molecule is NC(=O)CC(C(=O)N(Cc1ccc(-c2nc(C(=O)N3CCCOCC3)co2)cc1)Cc1ccc(-c2nc(C(=O)N3CCNC(=O)C3)co2)cc1)(c1ccccc1)c1ccccc1. The van der Waals surface area contributed by atoms with Gasteiger partial charge in [0.25, 0.3) is 11.8 Å². The predicted octanol–water partition coefficient (Wildman–Crippen LogP) is 4.82. The number of hydrogen-bond donors (Lipinski definition) is 2. The van der Waals surface area contributed by atoms with Crippen LogP contribution in [0.15, 0.2) is 131 Å². The van der Waals surface area contributed by atoms with E-state index >= 15 is 4.79 Å². The van der Waals surface area contributed by atoms with Crippen LogP contribution in [0.2, 0.25) is 0 Å². The van der Waals surface area contributed by atoms with E-state index in [1.54, 1.807) is 21.9 Å². The van der Waals surface area contributed by atoms with Gasteiger partial charge in [0, 0.05) is 63.4 Å². The van der Waals surface area contributed by atoms with Gasteiger partial charge in [-0.3, -0.25) is 24.0 Å². The van der Waals surface area contributed by atoms with Crippen molar-refractivity contribution in [2.45, 2.75) is 31.3 Å². The first-order valence-corrected chi connectivity index (χ1v) is 20.4. The molecule has 3 N–H and O–H groups in total. The fraction of sp³-hybridized carbons (Fsp3) is 0.255. The maximum atomic E-state index is 15.5. The van der Waals surface area contributed by atoms with Gasteiger partial charge >= 0.3 is 0 Å². The highest BCUT2D eigenvalue weighted by Crippen LogP contribution is 2.39. The van der Waals surface area contributed by atoms with E-state index in [0.717, 1.165) is 17.5 Å². The highest BCUT2D eigenvalue weighted by Gasteiger charge is 2.46. The van der Waals surface area contributed by atoms with Crippen LogP contribution in [0.5, 0.6) is 0 Å². The monoisotopic (exact) mass is 835 g/mol. The minimum atomic E-state index is -1.47. The first-order chi connectivity index (χ1) is 30.2. The summed E-state index contributed by atoms with van der Waals surface area (Å²) in [6, 6.07) is 33.0. The molecule has 2 saturated heterocycles. The summed E-state index contributed by atoms with van der Waals surface area (Å²) < 4.78 is 16.9. The van der Waals surface area contributed by atoms with Gasteiger partial charge in [0.05, 0.1) is 13.2 Å². The number of piperazine rings is 1. The molecule has 2 aliphatic rings. The van der Waals surface area contributed by atoms with E-state index < -0.39 is 17.2 Å². The quantitative estimate of drug-likeness (QED) is 0.163. The van der Waals surface area contributed by atoms with Crippen LogP contribution in [0.25, 0.3) is 22.9 Å². The number of nitrogens with two attached hydrogens (primary N) is 1. The lowest BCUT2D eigenvalue weighted by molar-refractivity contribution is -0.139. The summed E-state index contributed by atoms with van der Waals surface area (Å²) in [7, 11) is 0. The highest BCUT2D eigenvalue weighted by atomic mass is 16.5. The molecule has 0 radical (unpaired) electrons. The fourth-order valence-electron chi connectivity index (χ4n) is 7.91. The van der Waals surface area contributed by atoms with Crippen molar-refractivity contribution in [3.8, 4) is 22.9 Å². The summed E-state index contributed by atoms with van der Waals surface area (Å²) in [6.07, 6.45) is 3.11. The predicted molar refractivity (Wildman–Crippen MR) is 226 cm³/mol. The number of nitrogens with one attached hydrogen (secondary N) is 1. The molecule has 15 heteroatoms. The van der Waals surface area contributed by atoms with Gasteiger partial charge in [-0.2, -0.15) is 0 Å². The van der Waals surface area contributed by atoms with Crippen LogP contribution in [0.4, 0.5) is 0 Å². The van der Waals surface area contributed by atoms with Gasteiger partial charge in [-0.05, 0) is 52.9 Å². The zero-order chi connectivity index (χ0) is 43.1. The molecule has 0 atom stereocenters. The van der Waals surface area contributed by atoms with Gasteiger partial charge in [-0.1, -0.05) is 84.9 Å². The molecule has 4 aromatic carbocycles. The number of ether oxygens (including phenoxy) is 1. The molecule has 8 rings (SSSR count). The number of hydrogen-bond acceptors (Lipinski definition) is 10. The molecule has 4 heterocycles. The van der Waals surface area contributed by atoms with Crippen molar-refractivity contribution in [3.05, 3.63) is 155 Å². The lowest BCUT2D eigenvalue weighted by Gasteiger charge is -2.38. The Kier molecular flexibility index (Phi) is 12.3. The Morgan fingerprint density at radius 2 is 1.21 bits per heavy atom. The van der Waals surface area contributed by atoms with Gasteiger partial charge in [-0.25, -0.2) is 9.97 Å². The lowest BCUT2D eigenvalue weighted by Crippen LogP contribution is -2.50. The Labute approximate surface area is 357 Å². The van der Waals surface area contributed by atoms with Crippen molar-refractivity contribution in [3.63, 3.8) is 0 Å². The second-order valence-corrected chi connectivity index (χ2v) is 15.2. The molecular formula is C47H45N7O8.